The summed E-state index contributed by atoms with van der Waals surface area (Å²) < 4.78 is 21.7. The number of hydrogen-bond acceptors (Lipinski definition) is 8. The molecule has 0 radical (unpaired) electrons. The quantitative estimate of drug-likeness (QED) is 0.285. The molecule has 10 heteroatoms. The van der Waals surface area contributed by atoms with Crippen LogP contribution in [0.25, 0.3) is 0 Å². The molecule has 0 aromatic rings. The summed E-state index contributed by atoms with van der Waals surface area (Å²) in [6, 6.07) is 0. The zero-order chi connectivity index (χ0) is 23.2. The van der Waals surface area contributed by atoms with Gasteiger partial charge in [-0.15, -0.1) is 0 Å². The molecule has 1 unspecified atom stereocenters. The lowest BCUT2D eigenvalue weighted by atomic mass is 9.90. The van der Waals surface area contributed by atoms with Gasteiger partial charge in [0.15, 0.2) is 0 Å². The van der Waals surface area contributed by atoms with Gasteiger partial charge in [-0.25, -0.2) is 0 Å². The predicted molar refractivity (Wildman–Crippen MR) is 118 cm³/mol. The van der Waals surface area contributed by atoms with Crippen molar-refractivity contribution in [3.05, 3.63) is 12.2 Å². The van der Waals surface area contributed by atoms with Crippen LogP contribution < -0.4 is 5.32 Å². The third-order valence-electron chi connectivity index (χ3n) is 5.58. The Morgan fingerprint density at radius 2 is 1.69 bits per heavy atom. The minimum absolute atomic E-state index is 0.154. The highest BCUT2D eigenvalue weighted by Gasteiger charge is 2.35. The number of aliphatic hydroxyl groups is 1. The van der Waals surface area contributed by atoms with Gasteiger partial charge in [0.1, 0.15) is 6.23 Å². The number of ether oxygens (including phenoxy) is 4. The van der Waals surface area contributed by atoms with E-state index in [0.717, 1.165) is 26.1 Å². The van der Waals surface area contributed by atoms with E-state index in [4.69, 9.17) is 18.9 Å². The number of hydrogen-bond donors (Lipinski definition) is 2. The summed E-state index contributed by atoms with van der Waals surface area (Å²) in [5.74, 6) is -0.0503. The van der Waals surface area contributed by atoms with Crippen molar-refractivity contribution in [3.8, 4) is 0 Å². The fourth-order valence-electron chi connectivity index (χ4n) is 3.79. The third-order valence-corrected chi connectivity index (χ3v) is 5.58. The lowest BCUT2D eigenvalue weighted by Crippen LogP contribution is -2.36. The normalized spacial score (nSPS) is 23.0. The molecule has 2 amide bonds. The maximum atomic E-state index is 12.3. The van der Waals surface area contributed by atoms with Crippen LogP contribution in [0.4, 0.5) is 0 Å². The van der Waals surface area contributed by atoms with E-state index < -0.39 is 6.23 Å². The first-order valence-electron chi connectivity index (χ1n) is 11.4. The van der Waals surface area contributed by atoms with Crippen molar-refractivity contribution in [1.82, 2.24) is 15.1 Å². The van der Waals surface area contributed by atoms with Gasteiger partial charge in [0.2, 0.25) is 11.8 Å². The van der Waals surface area contributed by atoms with E-state index in [2.05, 4.69) is 12.2 Å². The second-order valence-corrected chi connectivity index (χ2v) is 8.41. The summed E-state index contributed by atoms with van der Waals surface area (Å²) in [6.45, 7) is 8.52. The molecule has 1 saturated heterocycles. The molecule has 10 nitrogen and oxygen atoms in total. The van der Waals surface area contributed by atoms with Crippen LogP contribution in [0.3, 0.4) is 0 Å². The first-order valence-corrected chi connectivity index (χ1v) is 11.4. The van der Waals surface area contributed by atoms with Crippen LogP contribution in [0.2, 0.25) is 0 Å². The number of nitrogens with zero attached hydrogens (tertiary/aromatic N) is 2. The molecule has 2 aliphatic heterocycles. The summed E-state index contributed by atoms with van der Waals surface area (Å²) in [4.78, 5) is 27.0. The van der Waals surface area contributed by atoms with E-state index >= 15 is 0 Å². The Morgan fingerprint density at radius 3 is 2.25 bits per heavy atom. The highest BCUT2D eigenvalue weighted by atomic mass is 16.6. The number of likely N-dealkylation sites (tertiary alicyclic amines) is 1. The van der Waals surface area contributed by atoms with E-state index in [0.29, 0.717) is 65.8 Å². The standard InChI is InChI=1S/C22H39N3O7/c1-22(17-23-2)6-7-24(18-22)19(26)5-9-29-11-13-31-15-16-32-14-12-30-10-8-25-20(27)3-4-21(25)28/h3-4,20,23,27H,5-18H2,1-2H3/t20?,22-/m0/s1. The van der Waals surface area contributed by atoms with E-state index in [1.807, 2.05) is 11.9 Å². The van der Waals surface area contributed by atoms with Crippen molar-refractivity contribution in [1.29, 1.82) is 0 Å². The van der Waals surface area contributed by atoms with Gasteiger partial charge in [0, 0.05) is 32.3 Å². The first-order chi connectivity index (χ1) is 15.4. The van der Waals surface area contributed by atoms with E-state index in [-0.39, 0.29) is 17.2 Å². The molecule has 32 heavy (non-hydrogen) atoms. The Labute approximate surface area is 190 Å². The zero-order valence-corrected chi connectivity index (χ0v) is 19.4. The molecular weight excluding hydrogens is 418 g/mol. The number of rotatable bonds is 17. The van der Waals surface area contributed by atoms with Crippen molar-refractivity contribution in [2.24, 2.45) is 5.41 Å². The van der Waals surface area contributed by atoms with Crippen molar-refractivity contribution in [3.63, 3.8) is 0 Å². The Morgan fingerprint density at radius 1 is 1.09 bits per heavy atom. The van der Waals surface area contributed by atoms with Crippen molar-refractivity contribution in [2.45, 2.75) is 26.0 Å². The molecule has 2 atom stereocenters. The first kappa shape index (κ1) is 26.7. The largest absolute Gasteiger partial charge is 0.379 e. The van der Waals surface area contributed by atoms with Gasteiger partial charge in [0.05, 0.1) is 59.3 Å². The molecule has 184 valence electrons. The fourth-order valence-corrected chi connectivity index (χ4v) is 3.79. The van der Waals surface area contributed by atoms with Gasteiger partial charge in [-0.2, -0.15) is 0 Å². The van der Waals surface area contributed by atoms with Gasteiger partial charge < -0.3 is 39.2 Å². The van der Waals surface area contributed by atoms with Crippen LogP contribution in [-0.4, -0.2) is 119 Å². The summed E-state index contributed by atoms with van der Waals surface area (Å²) in [6.07, 6.45) is 3.39. The minimum atomic E-state index is -0.853. The van der Waals surface area contributed by atoms with Crippen molar-refractivity contribution in [2.75, 3.05) is 86.1 Å². The average molecular weight is 458 g/mol. The average Bonchev–Trinajstić information content (AvgIpc) is 3.31. The van der Waals surface area contributed by atoms with Crippen LogP contribution >= 0.6 is 0 Å². The molecule has 2 rings (SSSR count). The van der Waals surface area contributed by atoms with E-state index in [1.165, 1.54) is 17.1 Å². The zero-order valence-electron chi connectivity index (χ0n) is 19.4. The number of carbonyl (C=O) groups is 2. The van der Waals surface area contributed by atoms with Crippen LogP contribution in [-0.2, 0) is 28.5 Å². The van der Waals surface area contributed by atoms with Crippen LogP contribution in [0.5, 0.6) is 0 Å². The van der Waals surface area contributed by atoms with Gasteiger partial charge >= 0.3 is 0 Å². The minimum Gasteiger partial charge on any atom is -0.379 e. The summed E-state index contributed by atoms with van der Waals surface area (Å²) >= 11 is 0. The monoisotopic (exact) mass is 457 g/mol. The van der Waals surface area contributed by atoms with Crippen LogP contribution in [0.1, 0.15) is 19.8 Å². The maximum Gasteiger partial charge on any atom is 0.248 e. The highest BCUT2D eigenvalue weighted by Crippen LogP contribution is 2.29. The number of amides is 2. The Hall–Kier alpha value is -1.56. The van der Waals surface area contributed by atoms with Gasteiger partial charge in [-0.1, -0.05) is 6.92 Å². The second kappa shape index (κ2) is 14.6. The van der Waals surface area contributed by atoms with Crippen molar-refractivity contribution >= 4 is 11.8 Å². The highest BCUT2D eigenvalue weighted by molar-refractivity contribution is 5.90. The van der Waals surface area contributed by atoms with Gasteiger partial charge in [-0.05, 0) is 25.0 Å². The third kappa shape index (κ3) is 9.51. The molecule has 0 spiro atoms. The lowest BCUT2D eigenvalue weighted by molar-refractivity contribution is -0.132. The Bertz CT molecular complexity index is 604. The Balaban J connectivity index is 1.32. The lowest BCUT2D eigenvalue weighted by Gasteiger charge is -2.24. The molecule has 0 aromatic heterocycles. The molecule has 0 aliphatic carbocycles. The summed E-state index contributed by atoms with van der Waals surface area (Å²) in [7, 11) is 1.94. The van der Waals surface area contributed by atoms with E-state index in [9.17, 15) is 14.7 Å². The SMILES string of the molecule is CNC[C@]1(C)CCN(C(=O)CCOCCOCCOCCOCCN2C(=O)C=CC2O)C1. The van der Waals surface area contributed by atoms with E-state index in [1.54, 1.807) is 0 Å². The molecule has 0 saturated carbocycles. The molecule has 0 aromatic carbocycles. The molecule has 1 fully saturated rings. The number of carbonyl (C=O) groups excluding carboxylic acids is 2. The number of aliphatic hydroxyl groups excluding tert-OH is 1. The van der Waals surface area contributed by atoms with Crippen LogP contribution in [0, 0.1) is 5.41 Å². The maximum absolute atomic E-state index is 12.3. The molecule has 2 heterocycles. The van der Waals surface area contributed by atoms with Crippen molar-refractivity contribution < 1.29 is 33.6 Å². The van der Waals surface area contributed by atoms with Crippen LogP contribution in [0.15, 0.2) is 12.2 Å². The second-order valence-electron chi connectivity index (χ2n) is 8.41. The smallest absolute Gasteiger partial charge is 0.248 e. The van der Waals surface area contributed by atoms with Gasteiger partial charge in [0.25, 0.3) is 0 Å². The molecule has 0 bridgehead atoms. The Kier molecular flexibility index (Phi) is 12.1. The molecule has 2 N–H and O–H groups in total. The topological polar surface area (TPSA) is 110 Å². The summed E-state index contributed by atoms with van der Waals surface area (Å²) in [5.41, 5.74) is 0.169. The fraction of sp³-hybridized carbons (Fsp3) is 0.818. The summed E-state index contributed by atoms with van der Waals surface area (Å²) in [5, 5.41) is 12.8. The number of nitrogens with one attached hydrogen (secondary N) is 1. The predicted octanol–water partition coefficient (Wildman–Crippen LogP) is -0.382. The van der Waals surface area contributed by atoms with Gasteiger partial charge in [-0.3, -0.25) is 9.59 Å². The molecular formula is C22H39N3O7. The molecule has 2 aliphatic rings.